The van der Waals surface area contributed by atoms with E-state index in [4.69, 9.17) is 23.4 Å². The first-order valence-electron chi connectivity index (χ1n) is 6.89. The predicted octanol–water partition coefficient (Wildman–Crippen LogP) is 1.92. The molecule has 0 aliphatic rings. The average Bonchev–Trinajstić information content (AvgIpc) is 2.37. The Balaban J connectivity index is 3.27. The van der Waals surface area contributed by atoms with E-state index in [9.17, 15) is 0 Å². The molecule has 0 unspecified atom stereocenters. The summed E-state index contributed by atoms with van der Waals surface area (Å²) in [6.45, 7) is 9.16. The van der Waals surface area contributed by atoms with Crippen molar-refractivity contribution in [2.75, 3.05) is 60.5 Å². The highest BCUT2D eigenvalue weighted by Crippen LogP contribution is 2.13. The molecule has 0 atom stereocenters. The maximum Gasteiger partial charge on any atom is 0.186 e. The summed E-state index contributed by atoms with van der Waals surface area (Å²) in [5, 5.41) is 0. The van der Waals surface area contributed by atoms with Crippen LogP contribution in [0.3, 0.4) is 0 Å². The lowest BCUT2D eigenvalue weighted by Gasteiger charge is -2.22. The van der Waals surface area contributed by atoms with Crippen LogP contribution in [0.25, 0.3) is 0 Å². The molecule has 0 saturated carbocycles. The van der Waals surface area contributed by atoms with Gasteiger partial charge in [-0.2, -0.15) is 0 Å². The van der Waals surface area contributed by atoms with Gasteiger partial charge in [0.2, 0.25) is 0 Å². The van der Waals surface area contributed by atoms with Crippen LogP contribution in [-0.4, -0.2) is 68.8 Å². The zero-order valence-electron chi connectivity index (χ0n) is 12.9. The molecule has 6 heteroatoms. The molecule has 19 heavy (non-hydrogen) atoms. The van der Waals surface area contributed by atoms with E-state index in [1.165, 1.54) is 0 Å². The van der Waals surface area contributed by atoms with Crippen LogP contribution >= 0.6 is 0 Å². The third-order valence-corrected chi connectivity index (χ3v) is 5.19. The van der Waals surface area contributed by atoms with Gasteiger partial charge < -0.3 is 23.4 Å². The number of rotatable bonds is 14. The fourth-order valence-corrected chi connectivity index (χ4v) is 3.31. The first-order valence-corrected chi connectivity index (χ1v) is 10.0. The van der Waals surface area contributed by atoms with Gasteiger partial charge in [0.25, 0.3) is 0 Å². The fourth-order valence-electron chi connectivity index (χ4n) is 1.54. The summed E-state index contributed by atoms with van der Waals surface area (Å²) in [5.41, 5.74) is 0. The van der Waals surface area contributed by atoms with Gasteiger partial charge in [0, 0.05) is 20.8 Å². The van der Waals surface area contributed by atoms with E-state index >= 15 is 0 Å². The minimum Gasteiger partial charge on any atom is -0.415 e. The summed E-state index contributed by atoms with van der Waals surface area (Å²) < 4.78 is 26.5. The highest BCUT2D eigenvalue weighted by Gasteiger charge is 2.21. The summed E-state index contributed by atoms with van der Waals surface area (Å²) >= 11 is 0. The Labute approximate surface area is 118 Å². The molecule has 0 rings (SSSR count). The second-order valence-corrected chi connectivity index (χ2v) is 9.23. The standard InChI is InChI=1S/C13H30O5Si/c1-14-7-9-17-11-10-16-6-5-13-19(3,4)18-12-8-15-2/h5-13H2,1-4H3. The summed E-state index contributed by atoms with van der Waals surface area (Å²) in [5.74, 6) is 0. The van der Waals surface area contributed by atoms with Crippen molar-refractivity contribution in [1.29, 1.82) is 0 Å². The molecule has 0 aromatic carbocycles. The quantitative estimate of drug-likeness (QED) is 0.362. The molecule has 0 bridgehead atoms. The van der Waals surface area contributed by atoms with Crippen molar-refractivity contribution in [3.8, 4) is 0 Å². The topological polar surface area (TPSA) is 46.2 Å². The van der Waals surface area contributed by atoms with Gasteiger partial charge in [-0.1, -0.05) is 0 Å². The Morgan fingerprint density at radius 1 is 0.684 bits per heavy atom. The van der Waals surface area contributed by atoms with Gasteiger partial charge in [0.05, 0.1) is 39.6 Å². The molecule has 0 N–H and O–H groups in total. The van der Waals surface area contributed by atoms with Gasteiger partial charge in [0.15, 0.2) is 8.32 Å². The first-order chi connectivity index (χ1) is 9.12. The summed E-state index contributed by atoms with van der Waals surface area (Å²) in [6.07, 6.45) is 1.05. The average molecular weight is 294 g/mol. The first kappa shape index (κ1) is 19.0. The van der Waals surface area contributed by atoms with Crippen LogP contribution in [-0.2, 0) is 23.4 Å². The molecule has 0 amide bonds. The molecule has 0 fully saturated rings. The monoisotopic (exact) mass is 294 g/mol. The molecule has 0 aromatic heterocycles. The number of hydrogen-bond acceptors (Lipinski definition) is 5. The Morgan fingerprint density at radius 2 is 1.21 bits per heavy atom. The Kier molecular flexibility index (Phi) is 13.0. The number of ether oxygens (including phenoxy) is 4. The van der Waals surface area contributed by atoms with E-state index in [0.29, 0.717) is 39.6 Å². The summed E-state index contributed by atoms with van der Waals surface area (Å²) in [4.78, 5) is 0. The Morgan fingerprint density at radius 3 is 1.84 bits per heavy atom. The van der Waals surface area contributed by atoms with Crippen LogP contribution < -0.4 is 0 Å². The SMILES string of the molecule is COCCOCCOCCC[Si](C)(C)OCCOC. The largest absolute Gasteiger partial charge is 0.415 e. The molecule has 0 spiro atoms. The van der Waals surface area contributed by atoms with E-state index in [-0.39, 0.29) is 0 Å². The Bertz CT molecular complexity index is 190. The molecular formula is C13H30O5Si. The molecule has 0 saturated heterocycles. The molecule has 0 aliphatic carbocycles. The minimum absolute atomic E-state index is 0.632. The maximum absolute atomic E-state index is 5.86. The van der Waals surface area contributed by atoms with Crippen molar-refractivity contribution in [2.45, 2.75) is 25.6 Å². The molecule has 0 radical (unpaired) electrons. The fraction of sp³-hybridized carbons (Fsp3) is 1.00. The van der Waals surface area contributed by atoms with E-state index < -0.39 is 8.32 Å². The van der Waals surface area contributed by atoms with Crippen LogP contribution in [0.5, 0.6) is 0 Å². The highest BCUT2D eigenvalue weighted by atomic mass is 28.4. The lowest BCUT2D eigenvalue weighted by Crippen LogP contribution is -2.32. The van der Waals surface area contributed by atoms with Gasteiger partial charge >= 0.3 is 0 Å². The molecule has 116 valence electrons. The second kappa shape index (κ2) is 13.0. The molecule has 0 heterocycles. The van der Waals surface area contributed by atoms with Gasteiger partial charge in [0.1, 0.15) is 0 Å². The van der Waals surface area contributed by atoms with Crippen molar-refractivity contribution in [2.24, 2.45) is 0 Å². The van der Waals surface area contributed by atoms with Crippen molar-refractivity contribution in [3.63, 3.8) is 0 Å². The van der Waals surface area contributed by atoms with Gasteiger partial charge in [-0.3, -0.25) is 0 Å². The maximum atomic E-state index is 5.86. The second-order valence-electron chi connectivity index (χ2n) is 4.92. The van der Waals surface area contributed by atoms with Gasteiger partial charge in [-0.25, -0.2) is 0 Å². The van der Waals surface area contributed by atoms with Gasteiger partial charge in [-0.05, 0) is 25.6 Å². The van der Waals surface area contributed by atoms with E-state index in [1.54, 1.807) is 14.2 Å². The lowest BCUT2D eigenvalue weighted by molar-refractivity contribution is 0.0248. The lowest BCUT2D eigenvalue weighted by atomic mass is 10.5. The van der Waals surface area contributed by atoms with Crippen molar-refractivity contribution >= 4 is 8.32 Å². The van der Waals surface area contributed by atoms with Crippen molar-refractivity contribution in [1.82, 2.24) is 0 Å². The normalized spacial score (nSPS) is 12.0. The molecular weight excluding hydrogens is 264 g/mol. The van der Waals surface area contributed by atoms with Crippen LogP contribution in [0.2, 0.25) is 19.1 Å². The smallest absolute Gasteiger partial charge is 0.186 e. The molecule has 5 nitrogen and oxygen atoms in total. The van der Waals surface area contributed by atoms with Crippen LogP contribution in [0.1, 0.15) is 6.42 Å². The van der Waals surface area contributed by atoms with Crippen LogP contribution in [0.15, 0.2) is 0 Å². The highest BCUT2D eigenvalue weighted by molar-refractivity contribution is 6.71. The van der Waals surface area contributed by atoms with Crippen molar-refractivity contribution < 1.29 is 23.4 Å². The zero-order chi connectivity index (χ0) is 14.4. The molecule has 0 aliphatic heterocycles. The third kappa shape index (κ3) is 14.2. The van der Waals surface area contributed by atoms with Crippen molar-refractivity contribution in [3.05, 3.63) is 0 Å². The summed E-state index contributed by atoms with van der Waals surface area (Å²) in [7, 11) is 1.83. The Hall–Kier alpha value is 0.0169. The third-order valence-electron chi connectivity index (χ3n) is 2.65. The number of methoxy groups -OCH3 is 2. The number of hydrogen-bond donors (Lipinski definition) is 0. The predicted molar refractivity (Wildman–Crippen MR) is 78.2 cm³/mol. The van der Waals surface area contributed by atoms with Crippen LogP contribution in [0, 0.1) is 0 Å². The molecule has 0 aromatic rings. The minimum atomic E-state index is -1.53. The summed E-state index contributed by atoms with van der Waals surface area (Å²) in [6, 6.07) is 1.11. The van der Waals surface area contributed by atoms with E-state index in [2.05, 4.69) is 13.1 Å². The van der Waals surface area contributed by atoms with Crippen LogP contribution in [0.4, 0.5) is 0 Å². The van der Waals surface area contributed by atoms with E-state index in [1.807, 2.05) is 0 Å². The van der Waals surface area contributed by atoms with E-state index in [0.717, 1.165) is 19.1 Å². The van der Waals surface area contributed by atoms with Gasteiger partial charge in [-0.15, -0.1) is 0 Å². The zero-order valence-corrected chi connectivity index (χ0v) is 13.9.